The lowest BCUT2D eigenvalue weighted by atomic mass is 9.87. The number of carboxylic acids is 1. The molecule has 1 aliphatic rings. The molecule has 0 fully saturated rings. The van der Waals surface area contributed by atoms with Gasteiger partial charge in [0.15, 0.2) is 6.10 Å². The Labute approximate surface area is 209 Å². The van der Waals surface area contributed by atoms with Crippen molar-refractivity contribution in [2.24, 2.45) is 0 Å². The zero-order chi connectivity index (χ0) is 25.7. The molecule has 0 spiro atoms. The number of carboxylic acid groups (broad SMARTS) is 1. The zero-order valence-electron chi connectivity index (χ0n) is 22.4. The molecule has 4 rings (SSSR count). The van der Waals surface area contributed by atoms with E-state index >= 15 is 0 Å². The van der Waals surface area contributed by atoms with Crippen molar-refractivity contribution in [2.75, 3.05) is 38.6 Å². The lowest BCUT2D eigenvalue weighted by molar-refractivity contribution is -0.160. The molecule has 0 bridgehead atoms. The fourth-order valence-electron chi connectivity index (χ4n) is 5.26. The SMILES string of the molecule is Cc1ccc(-c2c([C@H](OC(C)(C)C)C(=O)O)c(C)c3c4c2cc(C)n4CCN3CCN(C)C)cc1. The highest BCUT2D eigenvalue weighted by molar-refractivity contribution is 6.07. The number of rotatable bonds is 7. The molecular weight excluding hydrogens is 438 g/mol. The first-order valence-corrected chi connectivity index (χ1v) is 12.4. The molecule has 188 valence electrons. The Morgan fingerprint density at radius 2 is 1.77 bits per heavy atom. The Bertz CT molecular complexity index is 1250. The van der Waals surface area contributed by atoms with Crippen LogP contribution in [0, 0.1) is 20.8 Å². The molecule has 3 aromatic rings. The molecule has 6 heteroatoms. The highest BCUT2D eigenvalue weighted by Crippen LogP contribution is 2.47. The topological polar surface area (TPSA) is 57.9 Å². The smallest absolute Gasteiger partial charge is 0.337 e. The second-order valence-corrected chi connectivity index (χ2v) is 11.1. The van der Waals surface area contributed by atoms with E-state index in [2.05, 4.69) is 79.6 Å². The van der Waals surface area contributed by atoms with Crippen molar-refractivity contribution in [2.45, 2.75) is 59.8 Å². The van der Waals surface area contributed by atoms with E-state index < -0.39 is 17.7 Å². The van der Waals surface area contributed by atoms with E-state index in [0.717, 1.165) is 59.5 Å². The molecule has 0 radical (unpaired) electrons. The van der Waals surface area contributed by atoms with Gasteiger partial charge >= 0.3 is 5.97 Å². The summed E-state index contributed by atoms with van der Waals surface area (Å²) < 4.78 is 8.65. The van der Waals surface area contributed by atoms with E-state index in [-0.39, 0.29) is 0 Å². The maximum Gasteiger partial charge on any atom is 0.337 e. The molecule has 6 nitrogen and oxygen atoms in total. The molecule has 0 saturated carbocycles. The summed E-state index contributed by atoms with van der Waals surface area (Å²) >= 11 is 0. The van der Waals surface area contributed by atoms with Crippen LogP contribution in [0.5, 0.6) is 0 Å². The average Bonchev–Trinajstić information content (AvgIpc) is 3.10. The third-order valence-electron chi connectivity index (χ3n) is 6.85. The Hall–Kier alpha value is -2.83. The highest BCUT2D eigenvalue weighted by Gasteiger charge is 2.35. The average molecular weight is 478 g/mol. The van der Waals surface area contributed by atoms with E-state index in [1.54, 1.807) is 0 Å². The standard InChI is InChI=1S/C29H39N3O3/c1-18-9-11-21(12-10-18)24-22-17-19(2)32-16-15-31(14-13-30(7)8)25(26(22)32)20(3)23(24)27(28(33)34)35-29(4,5)6/h9-12,17,27H,13-16H2,1-8H3,(H,33,34)/t27-/m0/s1. The van der Waals surface area contributed by atoms with Gasteiger partial charge in [0.05, 0.1) is 16.8 Å². The highest BCUT2D eigenvalue weighted by atomic mass is 16.5. The lowest BCUT2D eigenvalue weighted by Crippen LogP contribution is -2.38. The van der Waals surface area contributed by atoms with Crippen molar-refractivity contribution >= 4 is 22.6 Å². The first-order chi connectivity index (χ1) is 16.4. The second kappa shape index (κ2) is 9.32. The summed E-state index contributed by atoms with van der Waals surface area (Å²) in [7, 11) is 4.17. The van der Waals surface area contributed by atoms with Gasteiger partial charge in [-0.05, 0) is 78.4 Å². The van der Waals surface area contributed by atoms with Crippen LogP contribution in [0.1, 0.15) is 49.3 Å². The van der Waals surface area contributed by atoms with Crippen LogP contribution >= 0.6 is 0 Å². The van der Waals surface area contributed by atoms with Gasteiger partial charge in [-0.3, -0.25) is 0 Å². The fourth-order valence-corrected chi connectivity index (χ4v) is 5.26. The Morgan fingerprint density at radius 3 is 2.34 bits per heavy atom. The summed E-state index contributed by atoms with van der Waals surface area (Å²) in [5.41, 5.74) is 7.82. The van der Waals surface area contributed by atoms with Crippen molar-refractivity contribution in [3.05, 3.63) is 52.7 Å². The third kappa shape index (κ3) is 4.82. The van der Waals surface area contributed by atoms with Gasteiger partial charge in [-0.2, -0.15) is 0 Å². The second-order valence-electron chi connectivity index (χ2n) is 11.1. The van der Waals surface area contributed by atoms with E-state index in [0.29, 0.717) is 0 Å². The van der Waals surface area contributed by atoms with Crippen molar-refractivity contribution in [3.8, 4) is 11.1 Å². The summed E-state index contributed by atoms with van der Waals surface area (Å²) in [6, 6.07) is 10.6. The van der Waals surface area contributed by atoms with E-state index in [4.69, 9.17) is 4.74 Å². The van der Waals surface area contributed by atoms with Crippen molar-refractivity contribution in [1.29, 1.82) is 0 Å². The molecule has 2 heterocycles. The minimum absolute atomic E-state index is 0.612. The number of likely N-dealkylation sites (N-methyl/N-ethyl adjacent to an activating group) is 1. The molecule has 0 aliphatic carbocycles. The van der Waals surface area contributed by atoms with E-state index in [1.807, 2.05) is 20.8 Å². The summed E-state index contributed by atoms with van der Waals surface area (Å²) in [4.78, 5) is 17.4. The van der Waals surface area contributed by atoms with Crippen LogP contribution in [0.25, 0.3) is 22.0 Å². The molecule has 1 aliphatic heterocycles. The molecule has 0 saturated heterocycles. The maximum absolute atomic E-state index is 12.7. The van der Waals surface area contributed by atoms with Crippen LogP contribution in [0.2, 0.25) is 0 Å². The molecule has 0 unspecified atom stereocenters. The Morgan fingerprint density at radius 1 is 1.11 bits per heavy atom. The number of aromatic nitrogens is 1. The summed E-state index contributed by atoms with van der Waals surface area (Å²) in [6.07, 6.45) is -1.08. The summed E-state index contributed by atoms with van der Waals surface area (Å²) in [6.45, 7) is 15.7. The van der Waals surface area contributed by atoms with E-state index in [9.17, 15) is 9.90 Å². The van der Waals surface area contributed by atoms with Gasteiger partial charge in [0, 0.05) is 42.8 Å². The number of benzene rings is 2. The summed E-state index contributed by atoms with van der Waals surface area (Å²) in [5.74, 6) is -0.963. The van der Waals surface area contributed by atoms with Crippen LogP contribution in [0.15, 0.2) is 30.3 Å². The number of nitrogens with zero attached hydrogens (tertiary/aromatic N) is 3. The first-order valence-electron chi connectivity index (χ1n) is 12.4. The van der Waals surface area contributed by atoms with Crippen molar-refractivity contribution in [1.82, 2.24) is 9.47 Å². The number of ether oxygens (including phenoxy) is 1. The molecule has 1 atom stereocenters. The molecule has 1 N–H and O–H groups in total. The monoisotopic (exact) mass is 477 g/mol. The third-order valence-corrected chi connectivity index (χ3v) is 6.85. The van der Waals surface area contributed by atoms with E-state index in [1.165, 1.54) is 16.8 Å². The predicted molar refractivity (Wildman–Crippen MR) is 144 cm³/mol. The number of hydrogen-bond donors (Lipinski definition) is 1. The Balaban J connectivity index is 2.09. The predicted octanol–water partition coefficient (Wildman–Crippen LogP) is 5.56. The largest absolute Gasteiger partial charge is 0.479 e. The quantitative estimate of drug-likeness (QED) is 0.483. The van der Waals surface area contributed by atoms with Gasteiger partial charge in [0.2, 0.25) is 0 Å². The van der Waals surface area contributed by atoms with Gasteiger partial charge in [-0.15, -0.1) is 0 Å². The number of aliphatic carboxylic acids is 1. The minimum atomic E-state index is -1.08. The van der Waals surface area contributed by atoms with Crippen LogP contribution in [-0.2, 0) is 16.1 Å². The van der Waals surface area contributed by atoms with Gasteiger partial charge in [-0.25, -0.2) is 4.79 Å². The number of carbonyl (C=O) groups is 1. The summed E-state index contributed by atoms with van der Waals surface area (Å²) in [5, 5.41) is 11.5. The Kier molecular flexibility index (Phi) is 6.73. The molecule has 0 amide bonds. The van der Waals surface area contributed by atoms with Crippen LogP contribution in [0.4, 0.5) is 5.69 Å². The lowest BCUT2D eigenvalue weighted by Gasteiger charge is -2.36. The van der Waals surface area contributed by atoms with Crippen LogP contribution in [0.3, 0.4) is 0 Å². The fraction of sp³-hybridized carbons (Fsp3) is 0.483. The van der Waals surface area contributed by atoms with Crippen LogP contribution in [-0.4, -0.2) is 59.9 Å². The first kappa shape index (κ1) is 25.3. The van der Waals surface area contributed by atoms with Gasteiger partial charge in [0.1, 0.15) is 0 Å². The molecular formula is C29H39N3O3. The van der Waals surface area contributed by atoms with Gasteiger partial charge < -0.3 is 24.2 Å². The number of hydrogen-bond acceptors (Lipinski definition) is 4. The normalized spacial score (nSPS) is 14.7. The van der Waals surface area contributed by atoms with Crippen molar-refractivity contribution in [3.63, 3.8) is 0 Å². The van der Waals surface area contributed by atoms with Crippen LogP contribution < -0.4 is 4.90 Å². The van der Waals surface area contributed by atoms with Gasteiger partial charge in [-0.1, -0.05) is 29.8 Å². The minimum Gasteiger partial charge on any atom is -0.479 e. The van der Waals surface area contributed by atoms with Crippen molar-refractivity contribution < 1.29 is 14.6 Å². The maximum atomic E-state index is 12.7. The number of anilines is 1. The zero-order valence-corrected chi connectivity index (χ0v) is 22.4. The molecule has 1 aromatic heterocycles. The van der Waals surface area contributed by atoms with Gasteiger partial charge in [0.25, 0.3) is 0 Å². The molecule has 35 heavy (non-hydrogen) atoms. The number of aryl methyl sites for hydroxylation is 2. The molecule has 2 aromatic carbocycles.